The van der Waals surface area contributed by atoms with Crippen LogP contribution in [0.5, 0.6) is 23.0 Å². The van der Waals surface area contributed by atoms with Gasteiger partial charge in [-0.25, -0.2) is 0 Å². The molecule has 0 aromatic heterocycles. The molecule has 0 spiro atoms. The molecule has 0 N–H and O–H groups in total. The fourth-order valence-corrected chi connectivity index (χ4v) is 13.5. The summed E-state index contributed by atoms with van der Waals surface area (Å²) in [6, 6.07) is 77.7. The first-order valence-electron chi connectivity index (χ1n) is 25.5. The van der Waals surface area contributed by atoms with Gasteiger partial charge in [-0.2, -0.15) is 0 Å². The molecule has 2 aliphatic heterocycles. The van der Waals surface area contributed by atoms with Gasteiger partial charge in [0.05, 0.1) is 9.79 Å². The van der Waals surface area contributed by atoms with Crippen molar-refractivity contribution < 1.29 is 9.47 Å². The molecule has 4 aliphatic rings. The zero-order valence-electron chi connectivity index (χ0n) is 41.9. The highest BCUT2D eigenvalue weighted by Crippen LogP contribution is 2.61. The summed E-state index contributed by atoms with van der Waals surface area (Å²) in [5.74, 6) is 3.78. The van der Waals surface area contributed by atoms with Crippen LogP contribution in [-0.4, -0.2) is 0 Å². The highest BCUT2D eigenvalue weighted by Gasteiger charge is 2.44. The molecule has 3 nitrogen and oxygen atoms in total. The summed E-state index contributed by atoms with van der Waals surface area (Å²) < 4.78 is 14.1. The first-order valence-corrected chi connectivity index (χ1v) is 26.3. The van der Waals surface area contributed by atoms with Crippen molar-refractivity contribution in [2.45, 2.75) is 67.6 Å². The second kappa shape index (κ2) is 16.0. The minimum atomic E-state index is -0.274. The Kier molecular flexibility index (Phi) is 9.57. The average Bonchev–Trinajstić information content (AvgIpc) is 3.81. The third-order valence-electron chi connectivity index (χ3n) is 16.4. The Morgan fingerprint density at radius 2 is 0.836 bits per heavy atom. The minimum Gasteiger partial charge on any atom is -0.456 e. The highest BCUT2D eigenvalue weighted by atomic mass is 32.2. The Bertz CT molecular complexity index is 3900. The lowest BCUT2D eigenvalue weighted by atomic mass is 9.74. The van der Waals surface area contributed by atoms with E-state index in [-0.39, 0.29) is 16.2 Å². The normalized spacial score (nSPS) is 15.2. The van der Waals surface area contributed by atoms with Crippen LogP contribution in [0.3, 0.4) is 0 Å². The van der Waals surface area contributed by atoms with E-state index in [4.69, 9.17) is 9.47 Å². The Balaban J connectivity index is 0.865. The van der Waals surface area contributed by atoms with Crippen molar-refractivity contribution in [3.63, 3.8) is 0 Å². The molecule has 0 atom stereocenters. The van der Waals surface area contributed by atoms with Gasteiger partial charge in [-0.3, -0.25) is 0 Å². The molecule has 0 bridgehead atoms. The summed E-state index contributed by atoms with van der Waals surface area (Å²) in [6.45, 7) is 14.0. The number of ether oxygens (including phenoxy) is 2. The molecule has 0 saturated heterocycles. The van der Waals surface area contributed by atoms with E-state index < -0.39 is 0 Å². The zero-order chi connectivity index (χ0) is 49.4. The van der Waals surface area contributed by atoms with Crippen molar-refractivity contribution in [1.29, 1.82) is 0 Å². The van der Waals surface area contributed by atoms with Gasteiger partial charge in [0.15, 0.2) is 0 Å². The molecule has 0 saturated carbocycles. The first kappa shape index (κ1) is 43.7. The predicted octanol–water partition coefficient (Wildman–Crippen LogP) is 19.5. The maximum absolute atomic E-state index is 7.16. The number of hydrogen-bond acceptors (Lipinski definition) is 4. The van der Waals surface area contributed by atoms with Crippen LogP contribution in [0, 0.1) is 0 Å². The van der Waals surface area contributed by atoms with E-state index in [2.05, 4.69) is 259 Å². The topological polar surface area (TPSA) is 21.7 Å². The largest absolute Gasteiger partial charge is 0.456 e. The Hall–Kier alpha value is -8.05. The van der Waals surface area contributed by atoms with Gasteiger partial charge < -0.3 is 14.4 Å². The Labute approximate surface area is 432 Å². The monoisotopic (exact) mass is 959 g/mol. The molecule has 10 aromatic rings. The maximum Gasteiger partial charge on any atom is 0.149 e. The summed E-state index contributed by atoms with van der Waals surface area (Å²) in [6.07, 6.45) is 0. The van der Waals surface area contributed by atoms with Crippen LogP contribution in [0.4, 0.5) is 17.1 Å². The van der Waals surface area contributed by atoms with Gasteiger partial charge in [0.2, 0.25) is 0 Å². The van der Waals surface area contributed by atoms with E-state index in [1.54, 1.807) is 11.8 Å². The molecule has 73 heavy (non-hydrogen) atoms. The lowest BCUT2D eigenvalue weighted by Gasteiger charge is -2.36. The van der Waals surface area contributed by atoms with E-state index in [0.29, 0.717) is 0 Å². The Morgan fingerprint density at radius 1 is 0.315 bits per heavy atom. The molecule has 0 fully saturated rings. The van der Waals surface area contributed by atoms with Crippen molar-refractivity contribution in [2.75, 3.05) is 4.90 Å². The lowest BCUT2D eigenvalue weighted by Crippen LogP contribution is -2.25. The van der Waals surface area contributed by atoms with Gasteiger partial charge in [-0.15, -0.1) is 0 Å². The molecule has 0 unspecified atom stereocenters. The molecule has 0 amide bonds. The molecule has 10 aromatic carbocycles. The molecule has 2 heterocycles. The summed E-state index contributed by atoms with van der Waals surface area (Å²) >= 11 is 1.80. The van der Waals surface area contributed by atoms with Crippen LogP contribution in [0.15, 0.2) is 222 Å². The smallest absolute Gasteiger partial charge is 0.149 e. The highest BCUT2D eigenvalue weighted by molar-refractivity contribution is 7.99. The molecule has 352 valence electrons. The third kappa shape index (κ3) is 6.59. The van der Waals surface area contributed by atoms with Gasteiger partial charge >= 0.3 is 0 Å². The quantitative estimate of drug-likeness (QED) is 0.166. The van der Waals surface area contributed by atoms with E-state index in [1.165, 1.54) is 77.9 Å². The van der Waals surface area contributed by atoms with Crippen LogP contribution in [0.25, 0.3) is 55.6 Å². The van der Waals surface area contributed by atoms with Crippen molar-refractivity contribution in [1.82, 2.24) is 0 Å². The molecule has 14 rings (SSSR count). The standard InChI is InChI=1S/C69H53NO2S/c1-67(2)53-22-11-10-20-51(53)63-56(67)38-39-61-66(63)72-64-50(21-15-25-60(64)73-61)44-28-32-48(33-29-44)70(47-30-26-43(27-31-47)46-19-14-18-45(40-46)42-16-8-7-9-17-42)49-34-35-52-58(41-49)69(5,6)55-36-37-57-65(62(52)55)71-59-24-13-12-23-54(59)68(57,3)4/h7-41H,1-6H3. The van der Waals surface area contributed by atoms with Gasteiger partial charge in [0.1, 0.15) is 23.0 Å². The van der Waals surface area contributed by atoms with Crippen LogP contribution < -0.4 is 14.4 Å². The second-order valence-corrected chi connectivity index (χ2v) is 22.7. The van der Waals surface area contributed by atoms with Gasteiger partial charge in [-0.05, 0) is 122 Å². The van der Waals surface area contributed by atoms with Crippen LogP contribution >= 0.6 is 11.8 Å². The molecule has 0 radical (unpaired) electrons. The van der Waals surface area contributed by atoms with E-state index in [1.807, 2.05) is 0 Å². The van der Waals surface area contributed by atoms with Gasteiger partial charge in [0.25, 0.3) is 0 Å². The van der Waals surface area contributed by atoms with Crippen LogP contribution in [0.1, 0.15) is 74.9 Å². The van der Waals surface area contributed by atoms with Gasteiger partial charge in [0, 0.05) is 61.1 Å². The van der Waals surface area contributed by atoms with Crippen molar-refractivity contribution >= 4 is 28.8 Å². The minimum absolute atomic E-state index is 0.110. The predicted molar refractivity (Wildman–Crippen MR) is 302 cm³/mol. The second-order valence-electron chi connectivity index (χ2n) is 21.6. The summed E-state index contributed by atoms with van der Waals surface area (Å²) in [5.41, 5.74) is 22.2. The number of para-hydroxylation sites is 2. The number of hydrogen-bond donors (Lipinski definition) is 0. The van der Waals surface area contributed by atoms with Crippen molar-refractivity contribution in [3.8, 4) is 78.6 Å². The molecule has 2 aliphatic carbocycles. The number of anilines is 3. The Morgan fingerprint density at radius 3 is 1.59 bits per heavy atom. The zero-order valence-corrected chi connectivity index (χ0v) is 42.7. The van der Waals surface area contributed by atoms with E-state index in [0.717, 1.165) is 61.0 Å². The number of nitrogens with zero attached hydrogens (tertiary/aromatic N) is 1. The SMILES string of the molecule is CC1(C)c2ccccc2Oc2c1ccc1c2-c2ccc(N(c3ccc(-c4cccc(-c5ccccc5)c4)cc3)c3ccc(-c4cccc5c4Oc4c(ccc6c4-c4ccccc4C6(C)C)S5)cc3)cc2C1(C)C. The summed E-state index contributed by atoms with van der Waals surface area (Å²) in [4.78, 5) is 4.68. The lowest BCUT2D eigenvalue weighted by molar-refractivity contribution is 0.419. The number of fused-ring (bicyclic) bond motifs is 12. The van der Waals surface area contributed by atoms with Crippen LogP contribution in [-0.2, 0) is 16.2 Å². The maximum atomic E-state index is 7.16. The number of benzene rings is 10. The van der Waals surface area contributed by atoms with Crippen molar-refractivity contribution in [2.24, 2.45) is 0 Å². The van der Waals surface area contributed by atoms with Crippen molar-refractivity contribution in [3.05, 3.63) is 246 Å². The summed E-state index contributed by atoms with van der Waals surface area (Å²) in [5, 5.41) is 0. The molecular formula is C69H53NO2S. The fourth-order valence-electron chi connectivity index (χ4n) is 12.5. The average molecular weight is 960 g/mol. The number of rotatable bonds is 6. The van der Waals surface area contributed by atoms with Gasteiger partial charge in [-0.1, -0.05) is 205 Å². The molecule has 4 heteroatoms. The first-order chi connectivity index (χ1) is 35.4. The molecular weight excluding hydrogens is 907 g/mol. The fraction of sp³-hybridized carbons (Fsp3) is 0.130. The van der Waals surface area contributed by atoms with Crippen LogP contribution in [0.2, 0.25) is 0 Å². The third-order valence-corrected chi connectivity index (χ3v) is 17.5. The van der Waals surface area contributed by atoms with E-state index in [9.17, 15) is 0 Å². The summed E-state index contributed by atoms with van der Waals surface area (Å²) in [7, 11) is 0. The van der Waals surface area contributed by atoms with E-state index >= 15 is 0 Å².